The Morgan fingerprint density at radius 2 is 1.86 bits per heavy atom. The zero-order valence-electron chi connectivity index (χ0n) is 11.7. The van der Waals surface area contributed by atoms with E-state index in [1.54, 1.807) is 41.0 Å². The zero-order chi connectivity index (χ0) is 14.7. The van der Waals surface area contributed by atoms with E-state index < -0.39 is 10.0 Å². The van der Waals surface area contributed by atoms with Gasteiger partial charge in [-0.05, 0) is 36.6 Å². The Morgan fingerprint density at radius 3 is 2.57 bits per heavy atom. The van der Waals surface area contributed by atoms with E-state index in [0.717, 1.165) is 24.8 Å². The molecule has 0 amide bonds. The van der Waals surface area contributed by atoms with E-state index in [1.807, 2.05) is 18.2 Å². The van der Waals surface area contributed by atoms with Gasteiger partial charge in [0.15, 0.2) is 0 Å². The van der Waals surface area contributed by atoms with Gasteiger partial charge in [-0.3, -0.25) is 4.98 Å². The summed E-state index contributed by atoms with van der Waals surface area (Å²) in [5, 5.41) is 0. The van der Waals surface area contributed by atoms with Crippen molar-refractivity contribution in [1.29, 1.82) is 0 Å². The van der Waals surface area contributed by atoms with Crippen LogP contribution in [-0.4, -0.2) is 24.3 Å². The Balaban J connectivity index is 1.99. The molecule has 3 rings (SSSR count). The Labute approximate surface area is 125 Å². The molecule has 5 heteroatoms. The van der Waals surface area contributed by atoms with Crippen molar-refractivity contribution in [3.05, 3.63) is 60.4 Å². The van der Waals surface area contributed by atoms with Crippen molar-refractivity contribution in [2.75, 3.05) is 6.54 Å². The van der Waals surface area contributed by atoms with Gasteiger partial charge in [0.2, 0.25) is 10.0 Å². The standard InChI is InChI=1S/C16H18N2O2S/c19-21(20,15-8-2-1-3-9-15)18-12-5-4-10-16(18)14-7-6-11-17-13-14/h1-3,6-9,11,13,16H,4-5,10,12H2/t16-/m0/s1. The lowest BCUT2D eigenvalue weighted by Crippen LogP contribution is -2.38. The zero-order valence-corrected chi connectivity index (χ0v) is 12.5. The number of rotatable bonds is 3. The van der Waals surface area contributed by atoms with Crippen LogP contribution in [0.1, 0.15) is 30.9 Å². The van der Waals surface area contributed by atoms with E-state index in [0.29, 0.717) is 11.4 Å². The second-order valence-corrected chi connectivity index (χ2v) is 7.12. The molecule has 110 valence electrons. The minimum Gasteiger partial charge on any atom is -0.264 e. The third-order valence-electron chi connectivity index (χ3n) is 3.87. The molecule has 1 atom stereocenters. The van der Waals surface area contributed by atoms with Crippen LogP contribution < -0.4 is 0 Å². The summed E-state index contributed by atoms with van der Waals surface area (Å²) in [6.45, 7) is 0.566. The number of hydrogen-bond acceptors (Lipinski definition) is 3. The molecule has 21 heavy (non-hydrogen) atoms. The molecule has 2 heterocycles. The van der Waals surface area contributed by atoms with Crippen LogP contribution in [0.4, 0.5) is 0 Å². The third-order valence-corrected chi connectivity index (χ3v) is 5.80. The topological polar surface area (TPSA) is 50.3 Å². The Morgan fingerprint density at radius 1 is 1.05 bits per heavy atom. The van der Waals surface area contributed by atoms with Crippen LogP contribution in [0.25, 0.3) is 0 Å². The van der Waals surface area contributed by atoms with Crippen molar-refractivity contribution in [1.82, 2.24) is 9.29 Å². The van der Waals surface area contributed by atoms with Crippen LogP contribution in [0.2, 0.25) is 0 Å². The van der Waals surface area contributed by atoms with Gasteiger partial charge in [0.25, 0.3) is 0 Å². The summed E-state index contributed by atoms with van der Waals surface area (Å²) >= 11 is 0. The molecule has 1 aliphatic heterocycles. The van der Waals surface area contributed by atoms with E-state index in [1.165, 1.54) is 0 Å². The number of sulfonamides is 1. The van der Waals surface area contributed by atoms with Gasteiger partial charge < -0.3 is 0 Å². The molecular formula is C16H18N2O2S. The van der Waals surface area contributed by atoms with E-state index in [2.05, 4.69) is 4.98 Å². The first-order chi connectivity index (χ1) is 10.2. The lowest BCUT2D eigenvalue weighted by molar-refractivity contribution is 0.255. The summed E-state index contributed by atoms with van der Waals surface area (Å²) in [5.74, 6) is 0. The fraction of sp³-hybridized carbons (Fsp3) is 0.312. The predicted octanol–water partition coefficient (Wildman–Crippen LogP) is 3.00. The molecule has 1 fully saturated rings. The van der Waals surface area contributed by atoms with E-state index in [9.17, 15) is 8.42 Å². The number of aromatic nitrogens is 1. The molecule has 0 bridgehead atoms. The maximum atomic E-state index is 12.9. The van der Waals surface area contributed by atoms with Crippen molar-refractivity contribution in [2.45, 2.75) is 30.2 Å². The van der Waals surface area contributed by atoms with Gasteiger partial charge in [-0.15, -0.1) is 0 Å². The molecule has 0 spiro atoms. The molecular weight excluding hydrogens is 284 g/mol. The van der Waals surface area contributed by atoms with Gasteiger partial charge in [0.05, 0.1) is 10.9 Å². The number of nitrogens with zero attached hydrogens (tertiary/aromatic N) is 2. The van der Waals surface area contributed by atoms with Crippen LogP contribution in [0.15, 0.2) is 59.8 Å². The van der Waals surface area contributed by atoms with E-state index in [4.69, 9.17) is 0 Å². The summed E-state index contributed by atoms with van der Waals surface area (Å²) in [6, 6.07) is 12.4. The highest BCUT2D eigenvalue weighted by molar-refractivity contribution is 7.89. The quantitative estimate of drug-likeness (QED) is 0.875. The number of piperidine rings is 1. The van der Waals surface area contributed by atoms with Crippen molar-refractivity contribution >= 4 is 10.0 Å². The minimum atomic E-state index is -3.45. The van der Waals surface area contributed by atoms with Gasteiger partial charge in [0, 0.05) is 18.9 Å². The molecule has 4 nitrogen and oxygen atoms in total. The Bertz CT molecular complexity index is 687. The van der Waals surface area contributed by atoms with Crippen LogP contribution in [-0.2, 0) is 10.0 Å². The summed E-state index contributed by atoms with van der Waals surface area (Å²) in [7, 11) is -3.45. The molecule has 0 saturated carbocycles. The maximum absolute atomic E-state index is 12.9. The summed E-state index contributed by atoms with van der Waals surface area (Å²) in [6.07, 6.45) is 6.27. The molecule has 1 saturated heterocycles. The van der Waals surface area contributed by atoms with Gasteiger partial charge in [-0.25, -0.2) is 8.42 Å². The molecule has 1 aromatic carbocycles. The second kappa shape index (κ2) is 5.95. The van der Waals surface area contributed by atoms with Gasteiger partial charge in [-0.1, -0.05) is 30.7 Å². The van der Waals surface area contributed by atoms with Gasteiger partial charge >= 0.3 is 0 Å². The monoisotopic (exact) mass is 302 g/mol. The number of hydrogen-bond donors (Lipinski definition) is 0. The highest BCUT2D eigenvalue weighted by Crippen LogP contribution is 2.34. The van der Waals surface area contributed by atoms with Crippen molar-refractivity contribution in [3.63, 3.8) is 0 Å². The lowest BCUT2D eigenvalue weighted by atomic mass is 9.99. The highest BCUT2D eigenvalue weighted by atomic mass is 32.2. The van der Waals surface area contributed by atoms with Gasteiger partial charge in [0.1, 0.15) is 0 Å². The van der Waals surface area contributed by atoms with Crippen LogP contribution in [0, 0.1) is 0 Å². The minimum absolute atomic E-state index is 0.113. The lowest BCUT2D eigenvalue weighted by Gasteiger charge is -2.34. The van der Waals surface area contributed by atoms with E-state index >= 15 is 0 Å². The normalized spacial score (nSPS) is 20.3. The molecule has 0 aliphatic carbocycles. The third kappa shape index (κ3) is 2.84. The van der Waals surface area contributed by atoms with E-state index in [-0.39, 0.29) is 6.04 Å². The predicted molar refractivity (Wildman–Crippen MR) is 81.2 cm³/mol. The summed E-state index contributed by atoms with van der Waals surface area (Å²) in [4.78, 5) is 4.49. The molecule has 1 aliphatic rings. The Hall–Kier alpha value is -1.72. The average molecular weight is 302 g/mol. The maximum Gasteiger partial charge on any atom is 0.243 e. The van der Waals surface area contributed by atoms with Crippen molar-refractivity contribution in [2.24, 2.45) is 0 Å². The van der Waals surface area contributed by atoms with Crippen LogP contribution >= 0.6 is 0 Å². The largest absolute Gasteiger partial charge is 0.264 e. The smallest absolute Gasteiger partial charge is 0.243 e. The Kier molecular flexibility index (Phi) is 4.03. The van der Waals surface area contributed by atoms with Gasteiger partial charge in [-0.2, -0.15) is 4.31 Å². The average Bonchev–Trinajstić information content (AvgIpc) is 2.56. The second-order valence-electron chi connectivity index (χ2n) is 5.23. The molecule has 0 radical (unpaired) electrons. The van der Waals surface area contributed by atoms with Crippen LogP contribution in [0.5, 0.6) is 0 Å². The molecule has 1 aromatic heterocycles. The number of pyridine rings is 1. The fourth-order valence-corrected chi connectivity index (χ4v) is 4.53. The van der Waals surface area contributed by atoms with Crippen LogP contribution in [0.3, 0.4) is 0 Å². The summed E-state index contributed by atoms with van der Waals surface area (Å²) in [5.41, 5.74) is 0.969. The first-order valence-electron chi connectivity index (χ1n) is 7.16. The van der Waals surface area contributed by atoms with Crippen molar-refractivity contribution in [3.8, 4) is 0 Å². The molecule has 0 N–H and O–H groups in total. The SMILES string of the molecule is O=S(=O)(c1ccccc1)N1CCCC[C@H]1c1cccnc1. The number of benzene rings is 1. The van der Waals surface area contributed by atoms with Crippen molar-refractivity contribution < 1.29 is 8.42 Å². The first kappa shape index (κ1) is 14.2. The first-order valence-corrected chi connectivity index (χ1v) is 8.60. The molecule has 2 aromatic rings. The molecule has 0 unspecified atom stereocenters. The highest BCUT2D eigenvalue weighted by Gasteiger charge is 2.34. The summed E-state index contributed by atoms with van der Waals surface area (Å²) < 4.78 is 27.4. The fourth-order valence-electron chi connectivity index (χ4n) is 2.83.